The second-order valence-corrected chi connectivity index (χ2v) is 11.4. The number of phenols is 1. The van der Waals surface area contributed by atoms with E-state index in [9.17, 15) is 29.1 Å². The summed E-state index contributed by atoms with van der Waals surface area (Å²) in [6.07, 6.45) is 0.529. The lowest BCUT2D eigenvalue weighted by atomic mass is 9.56. The van der Waals surface area contributed by atoms with Gasteiger partial charge < -0.3 is 9.84 Å². The van der Waals surface area contributed by atoms with Crippen LogP contribution in [0.25, 0.3) is 10.8 Å². The van der Waals surface area contributed by atoms with Crippen LogP contribution in [0, 0.1) is 17.8 Å². The lowest BCUT2D eigenvalue weighted by Gasteiger charge is -2.50. The maximum Gasteiger partial charge on any atom is 0.423 e. The Balaban J connectivity index is 1.59. The van der Waals surface area contributed by atoms with Crippen LogP contribution >= 0.6 is 23.2 Å². The second-order valence-electron chi connectivity index (χ2n) is 10.2. The molecule has 9 nitrogen and oxygen atoms in total. The van der Waals surface area contributed by atoms with Gasteiger partial charge in [0, 0.05) is 23.9 Å². The first-order valence-electron chi connectivity index (χ1n) is 12.1. The maximum absolute atomic E-state index is 13.6. The van der Waals surface area contributed by atoms with Gasteiger partial charge in [-0.2, -0.15) is 4.90 Å². The van der Waals surface area contributed by atoms with Crippen molar-refractivity contribution in [2.24, 2.45) is 17.8 Å². The molecular formula is C27H22Cl2N2O7. The summed E-state index contributed by atoms with van der Waals surface area (Å²) in [7, 11) is 2.36. The van der Waals surface area contributed by atoms with Crippen molar-refractivity contribution in [2.75, 3.05) is 14.2 Å². The van der Waals surface area contributed by atoms with Gasteiger partial charge >= 0.3 is 6.09 Å². The van der Waals surface area contributed by atoms with Crippen molar-refractivity contribution in [3.63, 3.8) is 0 Å². The minimum Gasteiger partial charge on any atom is -0.507 e. The van der Waals surface area contributed by atoms with Crippen LogP contribution in [0.5, 0.6) is 5.75 Å². The highest BCUT2D eigenvalue weighted by atomic mass is 35.5. The summed E-state index contributed by atoms with van der Waals surface area (Å²) >= 11 is 14.2. The zero-order chi connectivity index (χ0) is 27.3. The third-order valence-corrected chi connectivity index (χ3v) is 10.0. The third-order valence-electron chi connectivity index (χ3n) is 8.61. The predicted octanol–water partition coefficient (Wildman–Crippen LogP) is 3.30. The molecule has 1 saturated carbocycles. The van der Waals surface area contributed by atoms with Gasteiger partial charge in [0.2, 0.25) is 11.8 Å². The number of ether oxygens (including phenoxy) is 1. The van der Waals surface area contributed by atoms with Gasteiger partial charge in [-0.25, -0.2) is 4.79 Å². The van der Waals surface area contributed by atoms with Crippen molar-refractivity contribution < 1.29 is 33.8 Å². The van der Waals surface area contributed by atoms with E-state index in [4.69, 9.17) is 23.2 Å². The largest absolute Gasteiger partial charge is 0.507 e. The Morgan fingerprint density at radius 2 is 1.74 bits per heavy atom. The van der Waals surface area contributed by atoms with E-state index in [2.05, 4.69) is 4.74 Å². The smallest absolute Gasteiger partial charge is 0.423 e. The highest BCUT2D eigenvalue weighted by Crippen LogP contribution is 2.66. The van der Waals surface area contributed by atoms with E-state index >= 15 is 0 Å². The van der Waals surface area contributed by atoms with Gasteiger partial charge in [0.05, 0.1) is 18.9 Å². The van der Waals surface area contributed by atoms with E-state index < -0.39 is 63.1 Å². The highest BCUT2D eigenvalue weighted by molar-refractivity contribution is 6.53. The molecule has 2 aromatic rings. The highest BCUT2D eigenvalue weighted by Gasteiger charge is 2.76. The number of hydrogen-bond donors (Lipinski definition) is 1. The number of alkyl halides is 2. The van der Waals surface area contributed by atoms with E-state index in [-0.39, 0.29) is 24.2 Å². The van der Waals surface area contributed by atoms with Crippen LogP contribution in [0.1, 0.15) is 24.3 Å². The molecule has 2 heterocycles. The van der Waals surface area contributed by atoms with Gasteiger partial charge in [-0.15, -0.1) is 23.2 Å². The first kappa shape index (κ1) is 24.9. The first-order valence-corrected chi connectivity index (χ1v) is 12.8. The van der Waals surface area contributed by atoms with E-state index in [0.717, 1.165) is 17.4 Å². The Morgan fingerprint density at radius 3 is 2.45 bits per heavy atom. The minimum atomic E-state index is -2.01. The number of methoxy groups -OCH3 is 1. The average Bonchev–Trinajstić information content (AvgIpc) is 3.24. The fourth-order valence-electron chi connectivity index (χ4n) is 6.87. The molecule has 38 heavy (non-hydrogen) atoms. The van der Waals surface area contributed by atoms with Gasteiger partial charge in [0.1, 0.15) is 5.75 Å². The minimum absolute atomic E-state index is 0.0969. The van der Waals surface area contributed by atoms with E-state index in [0.29, 0.717) is 15.9 Å². The number of halogens is 2. The molecule has 3 fully saturated rings. The molecular weight excluding hydrogens is 535 g/mol. The summed E-state index contributed by atoms with van der Waals surface area (Å²) in [5, 5.41) is 12.7. The molecule has 11 heteroatoms. The Labute approximate surface area is 226 Å². The molecule has 1 N–H and O–H groups in total. The first-order chi connectivity index (χ1) is 18.0. The number of carbonyl (C=O) groups is 5. The van der Waals surface area contributed by atoms with Crippen LogP contribution in [0.3, 0.4) is 0 Å². The third kappa shape index (κ3) is 2.81. The Kier molecular flexibility index (Phi) is 5.26. The van der Waals surface area contributed by atoms with Gasteiger partial charge in [0.15, 0.2) is 9.75 Å². The van der Waals surface area contributed by atoms with Crippen LogP contribution in [0.2, 0.25) is 0 Å². The van der Waals surface area contributed by atoms with E-state index in [1.165, 1.54) is 7.05 Å². The number of imide groups is 4. The molecule has 196 valence electrons. The molecule has 2 saturated heterocycles. The predicted molar refractivity (Wildman–Crippen MR) is 135 cm³/mol. The monoisotopic (exact) mass is 556 g/mol. The van der Waals surface area contributed by atoms with Crippen LogP contribution in [-0.4, -0.2) is 68.5 Å². The Morgan fingerprint density at radius 1 is 1.03 bits per heavy atom. The number of benzene rings is 2. The van der Waals surface area contributed by atoms with Crippen LogP contribution in [0.15, 0.2) is 48.0 Å². The zero-order valence-electron chi connectivity index (χ0n) is 20.3. The topological polar surface area (TPSA) is 121 Å². The normalized spacial score (nSPS) is 34.3. The van der Waals surface area contributed by atoms with Crippen molar-refractivity contribution in [3.8, 4) is 5.75 Å². The van der Waals surface area contributed by atoms with Crippen molar-refractivity contribution in [1.82, 2.24) is 9.80 Å². The molecule has 0 spiro atoms. The lowest BCUT2D eigenvalue weighted by Crippen LogP contribution is -2.60. The number of nitrogens with zero attached hydrogens (tertiary/aromatic N) is 2. The SMILES string of the molecule is COC(=O)N1C(=O)[C@H]2[C@H](CC=C3[C@H]2C[C@@]2(Cl)C(=O)N(C)C(=O)[C@@]2(Cl)[C@H]3c2ccc3ccccc3c2O)C1=O. The number of aromatic hydroxyl groups is 1. The Bertz CT molecular complexity index is 1520. The van der Waals surface area contributed by atoms with Crippen molar-refractivity contribution in [2.45, 2.75) is 28.5 Å². The second kappa shape index (κ2) is 8.04. The van der Waals surface area contributed by atoms with Crippen LogP contribution in [0.4, 0.5) is 4.79 Å². The zero-order valence-corrected chi connectivity index (χ0v) is 21.8. The van der Waals surface area contributed by atoms with Crippen molar-refractivity contribution >= 4 is 63.7 Å². The van der Waals surface area contributed by atoms with Crippen LogP contribution < -0.4 is 0 Å². The quantitative estimate of drug-likeness (QED) is 0.325. The number of amides is 5. The summed E-state index contributed by atoms with van der Waals surface area (Å²) in [6, 6.07) is 10.5. The molecule has 6 rings (SSSR count). The van der Waals surface area contributed by atoms with Crippen molar-refractivity contribution in [3.05, 3.63) is 53.6 Å². The van der Waals surface area contributed by atoms with Gasteiger partial charge in [-0.1, -0.05) is 48.0 Å². The van der Waals surface area contributed by atoms with E-state index in [1.807, 2.05) is 12.1 Å². The molecule has 0 radical (unpaired) electrons. The average molecular weight is 557 g/mol. The Hall–Kier alpha value is -3.43. The summed E-state index contributed by atoms with van der Waals surface area (Å²) in [5.41, 5.74) is 0.795. The molecule has 4 aliphatic rings. The number of carbonyl (C=O) groups excluding carboxylic acids is 5. The molecule has 2 aliphatic carbocycles. The summed E-state index contributed by atoms with van der Waals surface area (Å²) in [5.74, 6) is -6.80. The number of fused-ring (bicyclic) bond motifs is 5. The number of rotatable bonds is 1. The molecule has 0 aromatic heterocycles. The summed E-state index contributed by atoms with van der Waals surface area (Å²) in [6.45, 7) is 0. The standard InChI is InChI=1S/C27H22Cl2N2O7/c1-30-23(35)26(28)11-17-14(9-10-15-18(17)22(34)31(21(15)33)25(37)38-2)19(27(26,29)24(30)36)16-8-7-12-5-3-4-6-13(12)20(16)32/h3-9,15,17-19,32H,10-11H2,1-2H3/t15-,17+,18-,19+,26+,27-/m0/s1. The number of phenolic OH excluding ortho intramolecular Hbond substituents is 1. The number of allylic oxidation sites excluding steroid dienone is 2. The van der Waals surface area contributed by atoms with Gasteiger partial charge in [0.25, 0.3) is 11.8 Å². The van der Waals surface area contributed by atoms with E-state index in [1.54, 1.807) is 30.3 Å². The molecule has 6 atom stereocenters. The van der Waals surface area contributed by atoms with Crippen LogP contribution in [-0.2, 0) is 23.9 Å². The molecule has 0 bridgehead atoms. The fourth-order valence-corrected chi connectivity index (χ4v) is 7.88. The van der Waals surface area contributed by atoms with Gasteiger partial charge in [-0.05, 0) is 24.1 Å². The maximum atomic E-state index is 13.6. The fraction of sp³-hybridized carbons (Fsp3) is 0.370. The number of likely N-dealkylation sites (tertiary alicyclic amines) is 2. The molecule has 0 unspecified atom stereocenters. The lowest BCUT2D eigenvalue weighted by molar-refractivity contribution is -0.139. The summed E-state index contributed by atoms with van der Waals surface area (Å²) < 4.78 is 4.66. The van der Waals surface area contributed by atoms with Crippen molar-refractivity contribution in [1.29, 1.82) is 0 Å². The van der Waals surface area contributed by atoms with Gasteiger partial charge in [-0.3, -0.25) is 24.1 Å². The molecule has 5 amide bonds. The molecule has 2 aromatic carbocycles. The molecule has 2 aliphatic heterocycles. The number of hydrogen-bond acceptors (Lipinski definition) is 7. The summed E-state index contributed by atoms with van der Waals surface area (Å²) in [4.78, 5) is 63.3.